The molecule has 2 atom stereocenters. The molecule has 0 spiro atoms. The molecule has 0 N–H and O–H groups in total. The van der Waals surface area contributed by atoms with E-state index in [0.717, 1.165) is 18.4 Å². The van der Waals surface area contributed by atoms with Gasteiger partial charge in [0.05, 0.1) is 18.8 Å². The van der Waals surface area contributed by atoms with Gasteiger partial charge in [-0.3, -0.25) is 0 Å². The molecule has 0 fully saturated rings. The highest BCUT2D eigenvalue weighted by atomic mass is 35.5. The van der Waals surface area contributed by atoms with E-state index in [-0.39, 0.29) is 12.2 Å². The van der Waals surface area contributed by atoms with E-state index < -0.39 is 0 Å². The molecule has 0 bridgehead atoms. The van der Waals surface area contributed by atoms with E-state index in [0.29, 0.717) is 23.4 Å². The maximum atomic E-state index is 6.22. The molecule has 0 amide bonds. The molecule has 126 valence electrons. The van der Waals surface area contributed by atoms with Crippen molar-refractivity contribution in [1.29, 1.82) is 0 Å². The van der Waals surface area contributed by atoms with Crippen LogP contribution in [0.4, 0.5) is 0 Å². The number of benzene rings is 1. The van der Waals surface area contributed by atoms with Gasteiger partial charge in [-0.05, 0) is 31.0 Å². The Hall–Kier alpha value is -1.14. The third-order valence-electron chi connectivity index (χ3n) is 3.45. The summed E-state index contributed by atoms with van der Waals surface area (Å²) in [5, 5.41) is 5.25. The van der Waals surface area contributed by atoms with Gasteiger partial charge in [-0.2, -0.15) is 5.10 Å². The lowest BCUT2D eigenvalue weighted by Gasteiger charge is -2.21. The zero-order valence-electron chi connectivity index (χ0n) is 13.3. The Kier molecular flexibility index (Phi) is 7.30. The Morgan fingerprint density at radius 3 is 2.74 bits per heavy atom. The van der Waals surface area contributed by atoms with Crippen molar-refractivity contribution >= 4 is 23.2 Å². The average Bonchev–Trinajstić information content (AvgIpc) is 3.03. The minimum atomic E-state index is -0.130. The van der Waals surface area contributed by atoms with Crippen LogP contribution in [0.5, 0.6) is 0 Å². The summed E-state index contributed by atoms with van der Waals surface area (Å²) in [5.74, 6) is 0. The number of hydrogen-bond donors (Lipinski definition) is 0. The van der Waals surface area contributed by atoms with Gasteiger partial charge in [0.2, 0.25) is 0 Å². The van der Waals surface area contributed by atoms with E-state index in [1.54, 1.807) is 17.1 Å². The molecular formula is C16H21Cl2N3O2. The standard InChI is InChI=1S/C16H21Cl2N3O2/c1-3-4-14(23-11-21-10-19-9-20-21)8-22-12(2)15-6-5-13(17)7-16(15)18/h5-7,9-10,12,14H,3-4,8,11H2,1-2H3. The summed E-state index contributed by atoms with van der Waals surface area (Å²) in [5.41, 5.74) is 0.919. The first kappa shape index (κ1) is 18.2. The van der Waals surface area contributed by atoms with Crippen molar-refractivity contribution in [2.75, 3.05) is 6.61 Å². The Morgan fingerprint density at radius 2 is 2.09 bits per heavy atom. The lowest BCUT2D eigenvalue weighted by atomic mass is 10.1. The molecule has 1 heterocycles. The molecule has 1 aromatic heterocycles. The smallest absolute Gasteiger partial charge is 0.141 e. The maximum Gasteiger partial charge on any atom is 0.141 e. The van der Waals surface area contributed by atoms with Crippen LogP contribution in [0.1, 0.15) is 38.4 Å². The highest BCUT2D eigenvalue weighted by molar-refractivity contribution is 6.35. The molecule has 0 aliphatic heterocycles. The second-order valence-corrected chi connectivity index (χ2v) is 6.13. The van der Waals surface area contributed by atoms with Crippen molar-refractivity contribution in [3.8, 4) is 0 Å². The first-order valence-electron chi connectivity index (χ1n) is 7.60. The van der Waals surface area contributed by atoms with Crippen LogP contribution < -0.4 is 0 Å². The fourth-order valence-corrected chi connectivity index (χ4v) is 2.75. The topological polar surface area (TPSA) is 49.2 Å². The highest BCUT2D eigenvalue weighted by Gasteiger charge is 2.15. The third kappa shape index (κ3) is 5.77. The van der Waals surface area contributed by atoms with Gasteiger partial charge in [0, 0.05) is 10.0 Å². The van der Waals surface area contributed by atoms with E-state index in [4.69, 9.17) is 32.7 Å². The lowest BCUT2D eigenvalue weighted by Crippen LogP contribution is -2.22. The minimum Gasteiger partial charge on any atom is -0.371 e. The van der Waals surface area contributed by atoms with Gasteiger partial charge in [-0.1, -0.05) is 42.6 Å². The molecule has 2 unspecified atom stereocenters. The normalized spacial score (nSPS) is 13.9. The summed E-state index contributed by atoms with van der Waals surface area (Å²) in [7, 11) is 0. The Bertz CT molecular complexity index is 593. The van der Waals surface area contributed by atoms with Crippen LogP contribution in [0.3, 0.4) is 0 Å². The molecule has 2 rings (SSSR count). The van der Waals surface area contributed by atoms with Crippen molar-refractivity contribution in [3.63, 3.8) is 0 Å². The van der Waals surface area contributed by atoms with Gasteiger partial charge < -0.3 is 9.47 Å². The van der Waals surface area contributed by atoms with Gasteiger partial charge in [-0.25, -0.2) is 9.67 Å². The van der Waals surface area contributed by atoms with Crippen molar-refractivity contribution in [1.82, 2.24) is 14.8 Å². The molecule has 7 heteroatoms. The lowest BCUT2D eigenvalue weighted by molar-refractivity contribution is -0.0688. The zero-order chi connectivity index (χ0) is 16.7. The van der Waals surface area contributed by atoms with Crippen molar-refractivity contribution in [2.24, 2.45) is 0 Å². The first-order valence-corrected chi connectivity index (χ1v) is 8.36. The van der Waals surface area contributed by atoms with Crippen molar-refractivity contribution in [2.45, 2.75) is 45.6 Å². The summed E-state index contributed by atoms with van der Waals surface area (Å²) in [6.45, 7) is 4.94. The van der Waals surface area contributed by atoms with Crippen LogP contribution in [0, 0.1) is 0 Å². The van der Waals surface area contributed by atoms with E-state index in [9.17, 15) is 0 Å². The van der Waals surface area contributed by atoms with Gasteiger partial charge in [0.15, 0.2) is 0 Å². The number of hydrogen-bond acceptors (Lipinski definition) is 4. The summed E-state index contributed by atoms with van der Waals surface area (Å²) in [6, 6.07) is 5.43. The average molecular weight is 358 g/mol. The van der Waals surface area contributed by atoms with Gasteiger partial charge in [0.1, 0.15) is 19.4 Å². The monoisotopic (exact) mass is 357 g/mol. The Balaban J connectivity index is 1.86. The fraction of sp³-hybridized carbons (Fsp3) is 0.500. The molecule has 0 saturated heterocycles. The number of rotatable bonds is 9. The van der Waals surface area contributed by atoms with Gasteiger partial charge >= 0.3 is 0 Å². The predicted octanol–water partition coefficient (Wildman–Crippen LogP) is 4.51. The number of ether oxygens (including phenoxy) is 2. The van der Waals surface area contributed by atoms with Crippen LogP contribution in [-0.4, -0.2) is 27.5 Å². The largest absolute Gasteiger partial charge is 0.371 e. The Labute approximate surface area is 146 Å². The van der Waals surface area contributed by atoms with Crippen molar-refractivity contribution < 1.29 is 9.47 Å². The predicted molar refractivity (Wildman–Crippen MR) is 90.6 cm³/mol. The van der Waals surface area contributed by atoms with Crippen LogP contribution in [-0.2, 0) is 16.2 Å². The summed E-state index contributed by atoms with van der Waals surface area (Å²) >= 11 is 12.1. The number of halogens is 2. The van der Waals surface area contributed by atoms with E-state index >= 15 is 0 Å². The second kappa shape index (κ2) is 9.23. The van der Waals surface area contributed by atoms with E-state index in [1.165, 1.54) is 6.33 Å². The van der Waals surface area contributed by atoms with E-state index in [2.05, 4.69) is 17.0 Å². The molecule has 5 nitrogen and oxygen atoms in total. The first-order chi connectivity index (χ1) is 11.1. The molecule has 1 aromatic carbocycles. The Morgan fingerprint density at radius 1 is 1.26 bits per heavy atom. The third-order valence-corrected chi connectivity index (χ3v) is 4.01. The molecule has 0 aliphatic carbocycles. The van der Waals surface area contributed by atoms with Crippen LogP contribution in [0.2, 0.25) is 10.0 Å². The van der Waals surface area contributed by atoms with Crippen molar-refractivity contribution in [3.05, 3.63) is 46.5 Å². The summed E-state index contributed by atoms with van der Waals surface area (Å²) < 4.78 is 13.4. The number of nitrogens with zero attached hydrogens (tertiary/aromatic N) is 3. The maximum absolute atomic E-state index is 6.22. The summed E-state index contributed by atoms with van der Waals surface area (Å²) in [6.07, 6.45) is 4.91. The van der Waals surface area contributed by atoms with Gasteiger partial charge in [-0.15, -0.1) is 0 Å². The molecule has 0 aliphatic rings. The summed E-state index contributed by atoms with van der Waals surface area (Å²) in [4.78, 5) is 3.89. The molecule has 0 radical (unpaired) electrons. The fourth-order valence-electron chi connectivity index (χ4n) is 2.19. The molecule has 23 heavy (non-hydrogen) atoms. The van der Waals surface area contributed by atoms with E-state index in [1.807, 2.05) is 19.1 Å². The number of aromatic nitrogens is 3. The molecule has 0 saturated carbocycles. The van der Waals surface area contributed by atoms with Crippen LogP contribution in [0.25, 0.3) is 0 Å². The molecule has 2 aromatic rings. The van der Waals surface area contributed by atoms with Crippen LogP contribution >= 0.6 is 23.2 Å². The quantitative estimate of drug-likeness (QED) is 0.662. The second-order valence-electron chi connectivity index (χ2n) is 5.28. The SMILES string of the molecule is CCCC(COC(C)c1ccc(Cl)cc1Cl)OCn1cncn1. The van der Waals surface area contributed by atoms with Gasteiger partial charge in [0.25, 0.3) is 0 Å². The highest BCUT2D eigenvalue weighted by Crippen LogP contribution is 2.28. The molecular weight excluding hydrogens is 337 g/mol. The zero-order valence-corrected chi connectivity index (χ0v) is 14.8. The van der Waals surface area contributed by atoms with Crippen LogP contribution in [0.15, 0.2) is 30.9 Å². The minimum absolute atomic E-state index is 0.00211.